The highest BCUT2D eigenvalue weighted by atomic mass is 35.5. The van der Waals surface area contributed by atoms with Crippen LogP contribution in [0.1, 0.15) is 39.2 Å². The fourth-order valence-corrected chi connectivity index (χ4v) is 3.35. The summed E-state index contributed by atoms with van der Waals surface area (Å²) in [7, 11) is 1.82. The van der Waals surface area contributed by atoms with Crippen molar-refractivity contribution in [3.63, 3.8) is 0 Å². The lowest BCUT2D eigenvalue weighted by atomic mass is 9.97. The van der Waals surface area contributed by atoms with Crippen molar-refractivity contribution in [2.75, 3.05) is 26.7 Å². The van der Waals surface area contributed by atoms with Gasteiger partial charge in [-0.05, 0) is 63.8 Å². The second kappa shape index (κ2) is 8.21. The smallest absolute Gasteiger partial charge is 0.410 e. The standard InChI is InChI=1S/C19H29ClN2O2/c1-19(2,3)24-18(23)21(4)12-16-8-6-10-22(14-16)13-15-7-5-9-17(20)11-15/h5,7,9,11,16H,6,8,10,12-14H2,1-4H3. The molecule has 0 aliphatic carbocycles. The van der Waals surface area contributed by atoms with Gasteiger partial charge < -0.3 is 9.64 Å². The molecule has 1 heterocycles. The average molecular weight is 353 g/mol. The predicted octanol–water partition coefficient (Wildman–Crippen LogP) is 4.42. The van der Waals surface area contributed by atoms with Gasteiger partial charge in [0.25, 0.3) is 0 Å². The van der Waals surface area contributed by atoms with Gasteiger partial charge in [-0.25, -0.2) is 4.79 Å². The van der Waals surface area contributed by atoms with Crippen LogP contribution in [0.5, 0.6) is 0 Å². The lowest BCUT2D eigenvalue weighted by molar-refractivity contribution is 0.0241. The normalized spacial score (nSPS) is 19.1. The number of hydrogen-bond donors (Lipinski definition) is 0. The lowest BCUT2D eigenvalue weighted by Crippen LogP contribution is -2.42. The predicted molar refractivity (Wildman–Crippen MR) is 98.3 cm³/mol. The summed E-state index contributed by atoms with van der Waals surface area (Å²) in [5.41, 5.74) is 0.792. The summed E-state index contributed by atoms with van der Waals surface area (Å²) in [5.74, 6) is 0.482. The van der Waals surface area contributed by atoms with Crippen LogP contribution in [-0.2, 0) is 11.3 Å². The molecule has 0 aromatic heterocycles. The molecule has 0 bridgehead atoms. The van der Waals surface area contributed by atoms with E-state index >= 15 is 0 Å². The highest BCUT2D eigenvalue weighted by Crippen LogP contribution is 2.21. The third-order valence-corrected chi connectivity index (χ3v) is 4.37. The summed E-state index contributed by atoms with van der Waals surface area (Å²) in [6, 6.07) is 8.04. The number of halogens is 1. The Morgan fingerprint density at radius 1 is 1.42 bits per heavy atom. The van der Waals surface area contributed by atoms with Gasteiger partial charge in [0.2, 0.25) is 0 Å². The Kier molecular flexibility index (Phi) is 6.53. The first-order valence-corrected chi connectivity index (χ1v) is 9.01. The first kappa shape index (κ1) is 19.1. The summed E-state index contributed by atoms with van der Waals surface area (Å²) >= 11 is 6.07. The van der Waals surface area contributed by atoms with E-state index in [9.17, 15) is 4.79 Å². The minimum atomic E-state index is -0.448. The number of rotatable bonds is 4. The molecule has 1 aromatic rings. The number of piperidine rings is 1. The number of ether oxygens (including phenoxy) is 1. The third-order valence-electron chi connectivity index (χ3n) is 4.14. The topological polar surface area (TPSA) is 32.8 Å². The summed E-state index contributed by atoms with van der Waals surface area (Å²) in [6.45, 7) is 9.43. The Bertz CT molecular complexity index is 557. The molecule has 0 spiro atoms. The van der Waals surface area contributed by atoms with Crippen LogP contribution in [0.25, 0.3) is 0 Å². The van der Waals surface area contributed by atoms with Crippen molar-refractivity contribution in [3.8, 4) is 0 Å². The van der Waals surface area contributed by atoms with Gasteiger partial charge in [-0.2, -0.15) is 0 Å². The Morgan fingerprint density at radius 2 is 2.17 bits per heavy atom. The largest absolute Gasteiger partial charge is 0.444 e. The van der Waals surface area contributed by atoms with Crippen molar-refractivity contribution in [2.24, 2.45) is 5.92 Å². The van der Waals surface area contributed by atoms with Crippen molar-refractivity contribution in [3.05, 3.63) is 34.9 Å². The van der Waals surface area contributed by atoms with Gasteiger partial charge in [0.15, 0.2) is 0 Å². The quantitative estimate of drug-likeness (QED) is 0.804. The molecule has 24 heavy (non-hydrogen) atoms. The Morgan fingerprint density at radius 3 is 2.83 bits per heavy atom. The maximum atomic E-state index is 12.1. The van der Waals surface area contributed by atoms with E-state index in [1.54, 1.807) is 4.90 Å². The van der Waals surface area contributed by atoms with Crippen LogP contribution in [0, 0.1) is 5.92 Å². The van der Waals surface area contributed by atoms with Crippen LogP contribution in [0.2, 0.25) is 5.02 Å². The zero-order valence-corrected chi connectivity index (χ0v) is 16.0. The van der Waals surface area contributed by atoms with Crippen molar-refractivity contribution < 1.29 is 9.53 Å². The van der Waals surface area contributed by atoms with Crippen LogP contribution in [0.3, 0.4) is 0 Å². The molecule has 2 rings (SSSR count). The number of benzene rings is 1. The molecule has 1 unspecified atom stereocenters. The van der Waals surface area contributed by atoms with E-state index in [1.165, 1.54) is 5.56 Å². The molecule has 4 nitrogen and oxygen atoms in total. The van der Waals surface area contributed by atoms with Gasteiger partial charge >= 0.3 is 6.09 Å². The van der Waals surface area contributed by atoms with Gasteiger partial charge in [-0.3, -0.25) is 4.90 Å². The lowest BCUT2D eigenvalue weighted by Gasteiger charge is -2.35. The van der Waals surface area contributed by atoms with E-state index in [2.05, 4.69) is 11.0 Å². The van der Waals surface area contributed by atoms with Crippen LogP contribution in [0.15, 0.2) is 24.3 Å². The second-order valence-corrected chi connectivity index (χ2v) is 8.17. The first-order valence-electron chi connectivity index (χ1n) is 8.64. The van der Waals surface area contributed by atoms with E-state index < -0.39 is 5.60 Å². The summed E-state index contributed by atoms with van der Waals surface area (Å²) in [4.78, 5) is 16.3. The second-order valence-electron chi connectivity index (χ2n) is 7.73. The Labute approximate surface area is 150 Å². The molecule has 0 N–H and O–H groups in total. The molecule has 0 saturated carbocycles. The van der Waals surface area contributed by atoms with E-state index in [0.29, 0.717) is 5.92 Å². The van der Waals surface area contributed by atoms with Gasteiger partial charge in [0.1, 0.15) is 5.60 Å². The van der Waals surface area contributed by atoms with Gasteiger partial charge in [0.05, 0.1) is 0 Å². The number of carbonyl (C=O) groups is 1. The van der Waals surface area contributed by atoms with Gasteiger partial charge in [0, 0.05) is 31.7 Å². The van der Waals surface area contributed by atoms with Crippen molar-refractivity contribution in [2.45, 2.75) is 45.8 Å². The van der Waals surface area contributed by atoms with E-state index in [-0.39, 0.29) is 6.09 Å². The van der Waals surface area contributed by atoms with Crippen LogP contribution < -0.4 is 0 Å². The molecule has 1 amide bonds. The highest BCUT2D eigenvalue weighted by Gasteiger charge is 2.25. The summed E-state index contributed by atoms with van der Waals surface area (Å²) in [6.07, 6.45) is 2.07. The molecule has 1 fully saturated rings. The van der Waals surface area contributed by atoms with Crippen molar-refractivity contribution in [1.82, 2.24) is 9.80 Å². The van der Waals surface area contributed by atoms with Gasteiger partial charge in [-0.1, -0.05) is 23.7 Å². The SMILES string of the molecule is CN(CC1CCCN(Cc2cccc(Cl)c2)C1)C(=O)OC(C)(C)C. The molecule has 1 aliphatic heterocycles. The zero-order chi connectivity index (χ0) is 17.7. The molecule has 1 aromatic carbocycles. The Balaban J connectivity index is 1.85. The number of nitrogens with zero attached hydrogens (tertiary/aromatic N) is 2. The number of likely N-dealkylation sites (tertiary alicyclic amines) is 1. The molecule has 1 aliphatic rings. The maximum absolute atomic E-state index is 12.1. The first-order chi connectivity index (χ1) is 11.2. The van der Waals surface area contributed by atoms with E-state index in [1.807, 2.05) is 46.0 Å². The molecule has 0 radical (unpaired) electrons. The maximum Gasteiger partial charge on any atom is 0.410 e. The van der Waals surface area contributed by atoms with Crippen molar-refractivity contribution >= 4 is 17.7 Å². The molecule has 134 valence electrons. The minimum absolute atomic E-state index is 0.241. The van der Waals surface area contributed by atoms with E-state index in [4.69, 9.17) is 16.3 Å². The number of hydrogen-bond acceptors (Lipinski definition) is 3. The van der Waals surface area contributed by atoms with Gasteiger partial charge in [-0.15, -0.1) is 0 Å². The molecule has 1 atom stereocenters. The van der Waals surface area contributed by atoms with Crippen molar-refractivity contribution in [1.29, 1.82) is 0 Å². The average Bonchev–Trinajstić information content (AvgIpc) is 2.45. The molecular formula is C19H29ClN2O2. The minimum Gasteiger partial charge on any atom is -0.444 e. The number of carbonyl (C=O) groups excluding carboxylic acids is 1. The fourth-order valence-electron chi connectivity index (χ4n) is 3.14. The van der Waals surface area contributed by atoms with Crippen LogP contribution in [-0.4, -0.2) is 48.2 Å². The zero-order valence-electron chi connectivity index (χ0n) is 15.2. The summed E-state index contributed by atoms with van der Waals surface area (Å²) in [5, 5.41) is 0.783. The fraction of sp³-hybridized carbons (Fsp3) is 0.632. The van der Waals surface area contributed by atoms with Crippen LogP contribution >= 0.6 is 11.6 Å². The monoisotopic (exact) mass is 352 g/mol. The van der Waals surface area contributed by atoms with Crippen LogP contribution in [0.4, 0.5) is 4.79 Å². The van der Waals surface area contributed by atoms with E-state index in [0.717, 1.165) is 44.0 Å². The number of amides is 1. The third kappa shape index (κ3) is 6.33. The molecule has 1 saturated heterocycles. The Hall–Kier alpha value is -1.26. The molecule has 5 heteroatoms. The highest BCUT2D eigenvalue weighted by molar-refractivity contribution is 6.30. The molecular weight excluding hydrogens is 324 g/mol. The summed E-state index contributed by atoms with van der Waals surface area (Å²) < 4.78 is 5.44.